The predicted octanol–water partition coefficient (Wildman–Crippen LogP) is 14.3. The van der Waals surface area contributed by atoms with E-state index in [-0.39, 0.29) is 0 Å². The van der Waals surface area contributed by atoms with E-state index in [0.717, 1.165) is 93.6 Å². The van der Waals surface area contributed by atoms with Crippen molar-refractivity contribution < 1.29 is 8.83 Å². The van der Waals surface area contributed by atoms with Crippen molar-refractivity contribution in [1.82, 2.24) is 15.0 Å². The first-order valence-electron chi connectivity index (χ1n) is 19.4. The van der Waals surface area contributed by atoms with Crippen molar-refractivity contribution in [2.45, 2.75) is 0 Å². The Balaban J connectivity index is 1.07. The standard InChI is InChI=1S/C53H31N3O2/c1-2-10-32(11-3-1)34-20-23-36(24-21-34)51-54-52(42-16-8-14-35-27-29-46-50(48(35)42)40-15-6-7-18-44(40)57-46)56-53(55-51)43-17-9-19-45-49(43)41-28-26-39(31-47(41)58-45)38-25-22-33-12-4-5-13-37(33)30-38/h1-31H. The van der Waals surface area contributed by atoms with Gasteiger partial charge in [0, 0.05) is 43.6 Å². The summed E-state index contributed by atoms with van der Waals surface area (Å²) < 4.78 is 13.0. The monoisotopic (exact) mass is 741 g/mol. The van der Waals surface area contributed by atoms with Gasteiger partial charge in [-0.25, -0.2) is 15.0 Å². The lowest BCUT2D eigenvalue weighted by Gasteiger charge is -2.12. The normalized spacial score (nSPS) is 11.8. The summed E-state index contributed by atoms with van der Waals surface area (Å²) in [5.74, 6) is 1.74. The second-order valence-corrected chi connectivity index (χ2v) is 14.7. The molecule has 0 spiro atoms. The van der Waals surface area contributed by atoms with E-state index in [1.165, 1.54) is 10.8 Å². The van der Waals surface area contributed by atoms with Gasteiger partial charge in [-0.1, -0.05) is 152 Å². The third-order valence-corrected chi connectivity index (χ3v) is 11.3. The van der Waals surface area contributed by atoms with E-state index in [1.807, 2.05) is 30.3 Å². The molecule has 9 aromatic carbocycles. The molecule has 0 radical (unpaired) electrons. The van der Waals surface area contributed by atoms with Crippen molar-refractivity contribution in [2.75, 3.05) is 0 Å². The van der Waals surface area contributed by atoms with Crippen LogP contribution in [0.2, 0.25) is 0 Å². The molecule has 12 rings (SSSR count). The maximum absolute atomic E-state index is 6.61. The lowest BCUT2D eigenvalue weighted by molar-refractivity contribution is 0.669. The molecule has 0 saturated carbocycles. The summed E-state index contributed by atoms with van der Waals surface area (Å²) in [6.07, 6.45) is 0. The van der Waals surface area contributed by atoms with Crippen LogP contribution < -0.4 is 0 Å². The zero-order valence-electron chi connectivity index (χ0n) is 31.1. The predicted molar refractivity (Wildman–Crippen MR) is 237 cm³/mol. The number of fused-ring (bicyclic) bond motifs is 9. The molecule has 5 heteroatoms. The van der Waals surface area contributed by atoms with Crippen LogP contribution in [0.15, 0.2) is 197 Å². The van der Waals surface area contributed by atoms with Gasteiger partial charge in [0.05, 0.1) is 0 Å². The minimum absolute atomic E-state index is 0.570. The molecule has 0 unspecified atom stereocenters. The lowest BCUT2D eigenvalue weighted by Crippen LogP contribution is -2.01. The molecule has 0 aliphatic carbocycles. The van der Waals surface area contributed by atoms with Gasteiger partial charge in [0.2, 0.25) is 0 Å². The summed E-state index contributed by atoms with van der Waals surface area (Å²) in [7, 11) is 0. The number of nitrogens with zero attached hydrogens (tertiary/aromatic N) is 3. The van der Waals surface area contributed by atoms with Gasteiger partial charge in [-0.2, -0.15) is 0 Å². The molecule has 0 fully saturated rings. The van der Waals surface area contributed by atoms with Gasteiger partial charge < -0.3 is 8.83 Å². The van der Waals surface area contributed by atoms with E-state index in [2.05, 4.69) is 158 Å². The Hall–Kier alpha value is -7.89. The molecular weight excluding hydrogens is 711 g/mol. The highest BCUT2D eigenvalue weighted by Gasteiger charge is 2.21. The summed E-state index contributed by atoms with van der Waals surface area (Å²) in [4.78, 5) is 15.8. The van der Waals surface area contributed by atoms with E-state index in [4.69, 9.17) is 23.8 Å². The van der Waals surface area contributed by atoms with Gasteiger partial charge in [-0.15, -0.1) is 0 Å². The molecule has 0 N–H and O–H groups in total. The fourth-order valence-electron chi connectivity index (χ4n) is 8.53. The zero-order valence-corrected chi connectivity index (χ0v) is 31.1. The number of benzene rings is 9. The molecule has 0 aliphatic heterocycles. The molecule has 0 atom stereocenters. The third kappa shape index (κ3) is 5.21. The van der Waals surface area contributed by atoms with E-state index in [1.54, 1.807) is 0 Å². The topological polar surface area (TPSA) is 65.0 Å². The number of aromatic nitrogens is 3. The highest BCUT2D eigenvalue weighted by Crippen LogP contribution is 2.42. The number of furan rings is 2. The molecule has 0 amide bonds. The minimum Gasteiger partial charge on any atom is -0.456 e. The molecule has 0 saturated heterocycles. The van der Waals surface area contributed by atoms with Crippen LogP contribution in [0.5, 0.6) is 0 Å². The average molecular weight is 742 g/mol. The van der Waals surface area contributed by atoms with Crippen LogP contribution in [0.1, 0.15) is 0 Å². The first-order valence-corrected chi connectivity index (χ1v) is 19.4. The first-order chi connectivity index (χ1) is 28.7. The molecule has 3 heterocycles. The van der Waals surface area contributed by atoms with Crippen molar-refractivity contribution in [3.63, 3.8) is 0 Å². The molecule has 0 aliphatic rings. The smallest absolute Gasteiger partial charge is 0.164 e. The number of hydrogen-bond acceptors (Lipinski definition) is 5. The quantitative estimate of drug-likeness (QED) is 0.176. The number of hydrogen-bond donors (Lipinski definition) is 0. The van der Waals surface area contributed by atoms with Crippen LogP contribution in [0, 0.1) is 0 Å². The summed E-state index contributed by atoms with van der Waals surface area (Å²) >= 11 is 0. The van der Waals surface area contributed by atoms with E-state index in [0.29, 0.717) is 17.5 Å². The molecule has 270 valence electrons. The molecule has 12 aromatic rings. The van der Waals surface area contributed by atoms with Crippen molar-refractivity contribution in [1.29, 1.82) is 0 Å². The van der Waals surface area contributed by atoms with Crippen molar-refractivity contribution in [2.24, 2.45) is 0 Å². The van der Waals surface area contributed by atoms with E-state index < -0.39 is 0 Å². The molecule has 0 bridgehead atoms. The van der Waals surface area contributed by atoms with E-state index >= 15 is 0 Å². The van der Waals surface area contributed by atoms with Gasteiger partial charge in [0.1, 0.15) is 22.3 Å². The Morgan fingerprint density at radius 2 is 0.828 bits per heavy atom. The van der Waals surface area contributed by atoms with Crippen LogP contribution >= 0.6 is 0 Å². The fourth-order valence-corrected chi connectivity index (χ4v) is 8.53. The van der Waals surface area contributed by atoms with Gasteiger partial charge in [-0.05, 0) is 74.8 Å². The highest BCUT2D eigenvalue weighted by atomic mass is 16.3. The largest absolute Gasteiger partial charge is 0.456 e. The van der Waals surface area contributed by atoms with Crippen LogP contribution in [-0.2, 0) is 0 Å². The summed E-state index contributed by atoms with van der Waals surface area (Å²) in [6.45, 7) is 0. The maximum Gasteiger partial charge on any atom is 0.164 e. The van der Waals surface area contributed by atoms with Crippen molar-refractivity contribution >= 4 is 65.4 Å². The number of para-hydroxylation sites is 1. The van der Waals surface area contributed by atoms with Gasteiger partial charge >= 0.3 is 0 Å². The fraction of sp³-hybridized carbons (Fsp3) is 0. The van der Waals surface area contributed by atoms with Crippen molar-refractivity contribution in [3.8, 4) is 56.4 Å². The average Bonchev–Trinajstić information content (AvgIpc) is 3.87. The Labute approximate surface area is 332 Å². The second-order valence-electron chi connectivity index (χ2n) is 14.7. The minimum atomic E-state index is 0.570. The molecular formula is C53H31N3O2. The molecule has 3 aromatic heterocycles. The van der Waals surface area contributed by atoms with Gasteiger partial charge in [-0.3, -0.25) is 0 Å². The van der Waals surface area contributed by atoms with Crippen LogP contribution in [0.3, 0.4) is 0 Å². The zero-order chi connectivity index (χ0) is 38.2. The highest BCUT2D eigenvalue weighted by molar-refractivity contribution is 6.22. The maximum atomic E-state index is 6.61. The van der Waals surface area contributed by atoms with Gasteiger partial charge in [0.15, 0.2) is 17.5 Å². The molecule has 5 nitrogen and oxygen atoms in total. The lowest BCUT2D eigenvalue weighted by atomic mass is 9.98. The first kappa shape index (κ1) is 32.4. The van der Waals surface area contributed by atoms with Crippen molar-refractivity contribution in [3.05, 3.63) is 188 Å². The second kappa shape index (κ2) is 12.8. The summed E-state index contributed by atoms with van der Waals surface area (Å²) in [5, 5.41) is 8.61. The number of rotatable bonds is 5. The SMILES string of the molecule is c1ccc(-c2ccc(-c3nc(-c4cccc5oc6cc(-c7ccc8ccccc8c7)ccc6c45)nc(-c4cccc5ccc6oc7ccccc7c6c45)n3)cc2)cc1. The Bertz CT molecular complexity index is 3570. The van der Waals surface area contributed by atoms with Gasteiger partial charge in [0.25, 0.3) is 0 Å². The van der Waals surface area contributed by atoms with Crippen LogP contribution in [-0.4, -0.2) is 15.0 Å². The Kier molecular flexibility index (Phi) is 7.16. The van der Waals surface area contributed by atoms with Crippen LogP contribution in [0.25, 0.3) is 122 Å². The Morgan fingerprint density at radius 3 is 1.69 bits per heavy atom. The summed E-state index contributed by atoms with van der Waals surface area (Å²) in [6, 6.07) is 65.1. The third-order valence-electron chi connectivity index (χ3n) is 11.3. The van der Waals surface area contributed by atoms with E-state index in [9.17, 15) is 0 Å². The molecule has 58 heavy (non-hydrogen) atoms. The summed E-state index contributed by atoms with van der Waals surface area (Å²) in [5.41, 5.74) is 10.4. The van der Waals surface area contributed by atoms with Crippen LogP contribution in [0.4, 0.5) is 0 Å². The Morgan fingerprint density at radius 1 is 0.276 bits per heavy atom.